The van der Waals surface area contributed by atoms with E-state index in [1.165, 1.54) is 29.6 Å². The summed E-state index contributed by atoms with van der Waals surface area (Å²) in [5.74, 6) is -3.75. The van der Waals surface area contributed by atoms with Gasteiger partial charge in [-0.25, -0.2) is 17.9 Å². The molecule has 0 amide bonds. The third-order valence-electron chi connectivity index (χ3n) is 5.10. The molecular weight excluding hydrogens is 507 g/mol. The molecule has 0 spiro atoms. The lowest BCUT2D eigenvalue weighted by Gasteiger charge is -2.28. The standard InChI is InChI=1S/C23H25ClF3N3O4S/c1-13(32)21(12-31)34-23(35-6-5-14-3-2-4-16(24)7-14)20(33)11-30-10-19(28-29-30)15-8-17(25)22(27)18(26)9-15/h2-4,7-10,13,20-21,23,31-33H,5-6,11-12H2,1H3/t13-,20-,21?,23-/m1/s1. The molecule has 1 unspecified atom stereocenters. The molecule has 190 valence electrons. The average molecular weight is 532 g/mol. The van der Waals surface area contributed by atoms with Crippen molar-refractivity contribution in [3.8, 4) is 11.3 Å². The molecule has 3 rings (SSSR count). The number of aryl methyl sites for hydroxylation is 1. The molecule has 0 aliphatic rings. The number of benzene rings is 2. The Morgan fingerprint density at radius 3 is 2.49 bits per heavy atom. The zero-order valence-electron chi connectivity index (χ0n) is 18.7. The minimum absolute atomic E-state index is 0.0136. The summed E-state index contributed by atoms with van der Waals surface area (Å²) >= 11 is 7.30. The van der Waals surface area contributed by atoms with Gasteiger partial charge in [-0.2, -0.15) is 0 Å². The Hall–Kier alpha value is -2.15. The van der Waals surface area contributed by atoms with Crippen LogP contribution in [-0.2, 0) is 17.7 Å². The van der Waals surface area contributed by atoms with Gasteiger partial charge in [0.2, 0.25) is 0 Å². The topological polar surface area (TPSA) is 101 Å². The highest BCUT2D eigenvalue weighted by Gasteiger charge is 2.27. The summed E-state index contributed by atoms with van der Waals surface area (Å²) in [7, 11) is 0. The molecule has 1 heterocycles. The lowest BCUT2D eigenvalue weighted by atomic mass is 10.1. The van der Waals surface area contributed by atoms with Crippen molar-refractivity contribution < 1.29 is 33.2 Å². The number of rotatable bonds is 12. The fourth-order valence-corrected chi connectivity index (χ4v) is 4.54. The van der Waals surface area contributed by atoms with Crippen LogP contribution in [-0.4, -0.2) is 66.4 Å². The zero-order chi connectivity index (χ0) is 25.5. The predicted octanol–water partition coefficient (Wildman–Crippen LogP) is 3.44. The summed E-state index contributed by atoms with van der Waals surface area (Å²) in [6.45, 7) is 0.905. The van der Waals surface area contributed by atoms with Gasteiger partial charge in [0.05, 0.1) is 25.5 Å². The maximum Gasteiger partial charge on any atom is 0.194 e. The van der Waals surface area contributed by atoms with Crippen molar-refractivity contribution in [3.63, 3.8) is 0 Å². The molecule has 0 fully saturated rings. The number of halogens is 4. The predicted molar refractivity (Wildman–Crippen MR) is 126 cm³/mol. The maximum atomic E-state index is 13.6. The summed E-state index contributed by atoms with van der Waals surface area (Å²) in [5.41, 5.74) is 0.208. The van der Waals surface area contributed by atoms with Gasteiger partial charge in [-0.3, -0.25) is 0 Å². The van der Waals surface area contributed by atoms with Crippen LogP contribution in [0.1, 0.15) is 12.5 Å². The van der Waals surface area contributed by atoms with E-state index < -0.39 is 47.8 Å². The zero-order valence-corrected chi connectivity index (χ0v) is 20.3. The molecule has 1 aromatic heterocycles. The lowest BCUT2D eigenvalue weighted by molar-refractivity contribution is -0.0972. The van der Waals surface area contributed by atoms with Crippen molar-refractivity contribution in [1.82, 2.24) is 15.0 Å². The highest BCUT2D eigenvalue weighted by Crippen LogP contribution is 2.24. The first-order chi connectivity index (χ1) is 16.7. The van der Waals surface area contributed by atoms with E-state index in [4.69, 9.17) is 16.3 Å². The number of aliphatic hydroxyl groups excluding tert-OH is 3. The second-order valence-electron chi connectivity index (χ2n) is 7.86. The molecule has 0 radical (unpaired) electrons. The number of hydrogen-bond donors (Lipinski definition) is 3. The summed E-state index contributed by atoms with van der Waals surface area (Å²) in [6, 6.07) is 8.96. The molecular formula is C23H25ClF3N3O4S. The van der Waals surface area contributed by atoms with Crippen molar-refractivity contribution in [2.75, 3.05) is 12.4 Å². The number of hydrogen-bond acceptors (Lipinski definition) is 7. The third-order valence-corrected chi connectivity index (χ3v) is 6.52. The number of aromatic nitrogens is 3. The van der Waals surface area contributed by atoms with Crippen molar-refractivity contribution in [1.29, 1.82) is 0 Å². The molecule has 7 nitrogen and oxygen atoms in total. The Morgan fingerprint density at radius 2 is 1.86 bits per heavy atom. The van der Waals surface area contributed by atoms with E-state index in [9.17, 15) is 28.5 Å². The highest BCUT2D eigenvalue weighted by atomic mass is 35.5. The molecule has 2 aromatic carbocycles. The van der Waals surface area contributed by atoms with Crippen LogP contribution in [0.5, 0.6) is 0 Å². The van der Waals surface area contributed by atoms with Gasteiger partial charge in [-0.15, -0.1) is 16.9 Å². The summed E-state index contributed by atoms with van der Waals surface area (Å²) in [6.07, 6.45) is -1.08. The third kappa shape index (κ3) is 7.66. The first-order valence-corrected chi connectivity index (χ1v) is 12.1. The van der Waals surface area contributed by atoms with Crippen LogP contribution >= 0.6 is 23.4 Å². The van der Waals surface area contributed by atoms with E-state index >= 15 is 0 Å². The van der Waals surface area contributed by atoms with E-state index in [0.717, 1.165) is 17.7 Å². The highest BCUT2D eigenvalue weighted by molar-refractivity contribution is 7.99. The number of nitrogens with zero attached hydrogens (tertiary/aromatic N) is 3. The smallest absolute Gasteiger partial charge is 0.194 e. The van der Waals surface area contributed by atoms with Crippen LogP contribution in [0.15, 0.2) is 42.6 Å². The number of aliphatic hydroxyl groups is 3. The van der Waals surface area contributed by atoms with Gasteiger partial charge >= 0.3 is 0 Å². The van der Waals surface area contributed by atoms with Gasteiger partial charge in [0.25, 0.3) is 0 Å². The molecule has 3 aromatic rings. The molecule has 0 aliphatic carbocycles. The average Bonchev–Trinajstić information content (AvgIpc) is 3.27. The van der Waals surface area contributed by atoms with Gasteiger partial charge in [-0.1, -0.05) is 28.9 Å². The normalized spacial score (nSPS) is 15.1. The molecule has 35 heavy (non-hydrogen) atoms. The first-order valence-electron chi connectivity index (χ1n) is 10.7. The molecule has 4 atom stereocenters. The largest absolute Gasteiger partial charge is 0.394 e. The summed E-state index contributed by atoms with van der Waals surface area (Å²) < 4.78 is 47.4. The minimum atomic E-state index is -1.58. The number of thioether (sulfide) groups is 1. The van der Waals surface area contributed by atoms with Gasteiger partial charge in [0.15, 0.2) is 17.5 Å². The summed E-state index contributed by atoms with van der Waals surface area (Å²) in [5, 5.41) is 38.5. The van der Waals surface area contributed by atoms with Crippen molar-refractivity contribution in [2.45, 2.75) is 43.6 Å². The fourth-order valence-electron chi connectivity index (χ4n) is 3.21. The van der Waals surface area contributed by atoms with Crippen LogP contribution < -0.4 is 0 Å². The fraction of sp³-hybridized carbons (Fsp3) is 0.391. The van der Waals surface area contributed by atoms with Gasteiger partial charge in [0.1, 0.15) is 23.3 Å². The van der Waals surface area contributed by atoms with Crippen LogP contribution in [0.3, 0.4) is 0 Å². The summed E-state index contributed by atoms with van der Waals surface area (Å²) in [4.78, 5) is 0. The van der Waals surface area contributed by atoms with Gasteiger partial charge < -0.3 is 20.1 Å². The first kappa shape index (κ1) is 27.4. The maximum absolute atomic E-state index is 13.6. The molecule has 0 saturated heterocycles. The monoisotopic (exact) mass is 531 g/mol. The Bertz CT molecular complexity index is 1100. The molecule has 12 heteroatoms. The second kappa shape index (κ2) is 12.7. The molecule has 0 aliphatic heterocycles. The molecule has 0 saturated carbocycles. The van der Waals surface area contributed by atoms with Crippen molar-refractivity contribution in [2.24, 2.45) is 0 Å². The van der Waals surface area contributed by atoms with Crippen LogP contribution in [0, 0.1) is 17.5 Å². The Kier molecular flexibility index (Phi) is 9.96. The van der Waals surface area contributed by atoms with Crippen molar-refractivity contribution >= 4 is 23.4 Å². The van der Waals surface area contributed by atoms with Crippen LogP contribution in [0.25, 0.3) is 11.3 Å². The second-order valence-corrected chi connectivity index (χ2v) is 9.51. The Morgan fingerprint density at radius 1 is 1.14 bits per heavy atom. The molecule has 3 N–H and O–H groups in total. The molecule has 0 bridgehead atoms. The minimum Gasteiger partial charge on any atom is -0.394 e. The van der Waals surface area contributed by atoms with E-state index in [-0.39, 0.29) is 17.8 Å². The van der Waals surface area contributed by atoms with Crippen LogP contribution in [0.2, 0.25) is 5.02 Å². The van der Waals surface area contributed by atoms with Crippen molar-refractivity contribution in [3.05, 3.63) is 70.6 Å². The van der Waals surface area contributed by atoms with E-state index in [2.05, 4.69) is 10.3 Å². The van der Waals surface area contributed by atoms with Gasteiger partial charge in [0, 0.05) is 10.6 Å². The van der Waals surface area contributed by atoms with Crippen LogP contribution in [0.4, 0.5) is 13.2 Å². The lowest BCUT2D eigenvalue weighted by Crippen LogP contribution is -2.39. The van der Waals surface area contributed by atoms with E-state index in [1.54, 1.807) is 6.07 Å². The quantitative estimate of drug-likeness (QED) is 0.243. The van der Waals surface area contributed by atoms with Gasteiger partial charge in [-0.05, 0) is 48.9 Å². The van der Waals surface area contributed by atoms with E-state index in [0.29, 0.717) is 17.2 Å². The SMILES string of the molecule is C[C@@H](O)C(CO)O[C@H](SCCc1cccc(Cl)c1)[C@H](O)Cn1cc(-c2cc(F)c(F)c(F)c2)nn1. The Balaban J connectivity index is 1.70. The number of ether oxygens (including phenoxy) is 1. The Labute approximate surface area is 209 Å². The van der Waals surface area contributed by atoms with E-state index in [1.807, 2.05) is 18.2 Å².